The number of alkyl carbamates (subject to hydrolysis) is 1. The Morgan fingerprint density at radius 3 is 2.25 bits per heavy atom. The van der Waals surface area contributed by atoms with Crippen LogP contribution >= 0.6 is 11.6 Å². The second-order valence-electron chi connectivity index (χ2n) is 15.6. The van der Waals surface area contributed by atoms with Gasteiger partial charge in [-0.25, -0.2) is 41.3 Å². The van der Waals surface area contributed by atoms with Crippen LogP contribution in [0.5, 0.6) is 5.75 Å². The second-order valence-corrected chi connectivity index (χ2v) is 18.0. The Bertz CT molecular complexity index is 3100. The number of ether oxygens (including phenoxy) is 2. The summed E-state index contributed by atoms with van der Waals surface area (Å²) in [6.07, 6.45) is -4.27. The minimum atomic E-state index is -4.80. The molecule has 334 valence electrons. The molecule has 1 amide bonds. The van der Waals surface area contributed by atoms with Gasteiger partial charge in [0.1, 0.15) is 34.5 Å². The van der Waals surface area contributed by atoms with Crippen molar-refractivity contribution in [2.45, 2.75) is 51.6 Å². The zero-order valence-electron chi connectivity index (χ0n) is 34.8. The fourth-order valence-corrected chi connectivity index (χ4v) is 8.09. The molecule has 0 radical (unpaired) electrons. The first-order valence-electron chi connectivity index (χ1n) is 19.2. The predicted molar refractivity (Wildman–Crippen MR) is 229 cm³/mol. The van der Waals surface area contributed by atoms with E-state index >= 15 is 4.79 Å². The number of halogens is 6. The molecule has 1 N–H and O–H groups in total. The fraction of sp³-hybridized carbons (Fsp3) is 0.256. The third-order valence-electron chi connectivity index (χ3n) is 9.72. The average Bonchev–Trinajstić information content (AvgIpc) is 3.55. The molecule has 3 heterocycles. The number of carbonyl (C=O) groups excluding carboxylic acids is 1. The molecule has 0 unspecified atom stereocenters. The number of benzene rings is 4. The lowest BCUT2D eigenvalue weighted by Gasteiger charge is -2.26. The van der Waals surface area contributed by atoms with Crippen molar-refractivity contribution in [3.63, 3.8) is 0 Å². The maximum absolute atomic E-state index is 15.1. The van der Waals surface area contributed by atoms with Gasteiger partial charge < -0.3 is 14.8 Å². The Balaban J connectivity index is 1.51. The number of aryl methyl sites for hydroxylation is 1. The van der Waals surface area contributed by atoms with Gasteiger partial charge >= 0.3 is 12.3 Å². The van der Waals surface area contributed by atoms with E-state index in [1.54, 1.807) is 45.0 Å². The largest absolute Gasteiger partial charge is 0.497 e. The lowest BCUT2D eigenvalue weighted by molar-refractivity contribution is -0.141. The maximum atomic E-state index is 15.1. The normalized spacial score (nSPS) is 12.7. The number of anilines is 1. The molecule has 0 saturated heterocycles. The van der Waals surface area contributed by atoms with Gasteiger partial charge in [0.2, 0.25) is 10.0 Å². The van der Waals surface area contributed by atoms with Gasteiger partial charge in [-0.15, -0.1) is 0 Å². The lowest BCUT2D eigenvalue weighted by atomic mass is 10.0. The van der Waals surface area contributed by atoms with Crippen LogP contribution in [0.4, 0.5) is 32.6 Å². The molecule has 21 heteroatoms. The van der Waals surface area contributed by atoms with Crippen molar-refractivity contribution >= 4 is 55.3 Å². The van der Waals surface area contributed by atoms with E-state index in [9.17, 15) is 35.2 Å². The van der Waals surface area contributed by atoms with E-state index in [1.165, 1.54) is 49.2 Å². The Morgan fingerprint density at radius 2 is 1.62 bits per heavy atom. The second kappa shape index (κ2) is 17.1. The van der Waals surface area contributed by atoms with Crippen LogP contribution in [0.15, 0.2) is 89.9 Å². The number of hydrogen-bond acceptors (Lipinski definition) is 10. The monoisotopic (exact) mass is 924 g/mol. The molecule has 0 aliphatic rings. The Kier molecular flexibility index (Phi) is 12.1. The van der Waals surface area contributed by atoms with Gasteiger partial charge in [-0.1, -0.05) is 29.8 Å². The molecule has 0 fully saturated rings. The van der Waals surface area contributed by atoms with Crippen LogP contribution in [-0.2, 0) is 40.9 Å². The van der Waals surface area contributed by atoms with Crippen molar-refractivity contribution in [3.8, 4) is 22.8 Å². The van der Waals surface area contributed by atoms with Crippen LogP contribution in [0.3, 0.4) is 0 Å². The van der Waals surface area contributed by atoms with E-state index < -0.39 is 56.8 Å². The molecule has 4 aromatic carbocycles. The number of alkyl halides is 3. The molecule has 7 aromatic rings. The number of sulfonamides is 1. The molecule has 64 heavy (non-hydrogen) atoms. The molecule has 0 saturated carbocycles. The highest BCUT2D eigenvalue weighted by Gasteiger charge is 2.34. The van der Waals surface area contributed by atoms with Crippen molar-refractivity contribution in [1.82, 2.24) is 34.6 Å². The number of rotatable bonds is 11. The van der Waals surface area contributed by atoms with Crippen molar-refractivity contribution in [2.24, 2.45) is 7.05 Å². The number of hydrogen-bond donors (Lipinski definition) is 1. The van der Waals surface area contributed by atoms with E-state index in [1.807, 2.05) is 0 Å². The summed E-state index contributed by atoms with van der Waals surface area (Å²) < 4.78 is 112. The summed E-state index contributed by atoms with van der Waals surface area (Å²) in [5.41, 5.74) is -2.35. The molecule has 14 nitrogen and oxygen atoms in total. The first kappa shape index (κ1) is 45.4. The first-order valence-corrected chi connectivity index (χ1v) is 21.4. The molecule has 7 rings (SSSR count). The lowest BCUT2D eigenvalue weighted by Crippen LogP contribution is -2.39. The summed E-state index contributed by atoms with van der Waals surface area (Å²) in [6, 6.07) is 15.4. The van der Waals surface area contributed by atoms with Gasteiger partial charge in [-0.3, -0.25) is 14.0 Å². The Labute approximate surface area is 367 Å². The van der Waals surface area contributed by atoms with Gasteiger partial charge in [0.05, 0.1) is 58.5 Å². The van der Waals surface area contributed by atoms with Crippen molar-refractivity contribution in [2.75, 3.05) is 17.7 Å². The molecule has 1 atom stereocenters. The topological polar surface area (TPSA) is 163 Å². The van der Waals surface area contributed by atoms with E-state index in [0.717, 1.165) is 33.5 Å². The van der Waals surface area contributed by atoms with Crippen LogP contribution in [0.2, 0.25) is 5.02 Å². The number of nitrogens with one attached hydrogen (secondary N) is 1. The van der Waals surface area contributed by atoms with Crippen molar-refractivity contribution < 1.29 is 44.6 Å². The summed E-state index contributed by atoms with van der Waals surface area (Å²) in [6.45, 7) is 4.61. The van der Waals surface area contributed by atoms with Crippen LogP contribution < -0.4 is 19.9 Å². The third-order valence-corrected chi connectivity index (χ3v) is 11.1. The molecular formula is C43H38ClF5N8O6S. The highest BCUT2D eigenvalue weighted by atomic mass is 35.5. The maximum Gasteiger partial charge on any atom is 0.433 e. The molecular weight excluding hydrogens is 887 g/mol. The summed E-state index contributed by atoms with van der Waals surface area (Å²) in [5, 5.41) is 7.34. The number of fused-ring (bicyclic) bond motifs is 2. The predicted octanol–water partition coefficient (Wildman–Crippen LogP) is 8.46. The minimum absolute atomic E-state index is 0.0250. The highest BCUT2D eigenvalue weighted by Crippen LogP contribution is 2.39. The van der Waals surface area contributed by atoms with E-state index in [-0.39, 0.29) is 74.1 Å². The van der Waals surface area contributed by atoms with Gasteiger partial charge in [0.25, 0.3) is 5.56 Å². The van der Waals surface area contributed by atoms with Crippen molar-refractivity contribution in [1.29, 1.82) is 0 Å². The summed E-state index contributed by atoms with van der Waals surface area (Å²) in [7, 11) is -1.10. The van der Waals surface area contributed by atoms with E-state index in [4.69, 9.17) is 26.1 Å². The number of methoxy groups -OCH3 is 1. The molecule has 0 spiro atoms. The van der Waals surface area contributed by atoms with Crippen molar-refractivity contribution in [3.05, 3.63) is 135 Å². The average molecular weight is 925 g/mol. The molecule has 3 aromatic heterocycles. The zero-order valence-corrected chi connectivity index (χ0v) is 36.4. The molecule has 0 aliphatic carbocycles. The summed E-state index contributed by atoms with van der Waals surface area (Å²) >= 11 is 6.87. The molecule has 0 bridgehead atoms. The van der Waals surface area contributed by atoms with Gasteiger partial charge in [-0.05, 0) is 86.5 Å². The number of aromatic nitrogens is 6. The van der Waals surface area contributed by atoms with Gasteiger partial charge in [0, 0.05) is 31.3 Å². The Morgan fingerprint density at radius 1 is 0.938 bits per heavy atom. The quantitative estimate of drug-likeness (QED) is 0.125. The Hall–Kier alpha value is -6.67. The first-order chi connectivity index (χ1) is 30.0. The molecule has 0 aliphatic heterocycles. The standard InChI is InChI=1S/C43H38ClF5N8O6S/c1-42(2,3)63-41(59)52-32(19-24-17-26(45)21-27(46)18-24)38-51-31-20-25(37-50-16-15-34(53-37)43(47,48)49)9-12-29(31)40(58)57(38)33-14-13-30(44)35-36(33)55(4)54-39(35)56(64(6,60)61)22-23-7-10-28(62-5)11-8-23/h7-18,20-21,32H,19,22H2,1-6H3,(H,52,59)/t32-/m0/s1. The summed E-state index contributed by atoms with van der Waals surface area (Å²) in [5.74, 6) is -2.02. The van der Waals surface area contributed by atoms with Gasteiger partial charge in [-0.2, -0.15) is 18.3 Å². The van der Waals surface area contributed by atoms with Crippen LogP contribution in [0.25, 0.3) is 38.9 Å². The third kappa shape index (κ3) is 9.62. The SMILES string of the molecule is COc1ccc(CN(c2nn(C)c3c(-n4c([C@H](Cc5cc(F)cc(F)c5)NC(=O)OC(C)(C)C)nc5cc(-c6nccc(C(F)(F)F)n6)ccc5c4=O)ccc(Cl)c23)S(C)(=O)=O)cc1. The minimum Gasteiger partial charge on any atom is -0.497 e. The summed E-state index contributed by atoms with van der Waals surface area (Å²) in [4.78, 5) is 41.2. The zero-order chi connectivity index (χ0) is 46.5. The number of carbonyl (C=O) groups is 1. The van der Waals surface area contributed by atoms with E-state index in [2.05, 4.69) is 20.4 Å². The van der Waals surface area contributed by atoms with Crippen LogP contribution in [0.1, 0.15) is 49.5 Å². The van der Waals surface area contributed by atoms with Gasteiger partial charge in [0.15, 0.2) is 11.6 Å². The van der Waals surface area contributed by atoms with E-state index in [0.29, 0.717) is 23.4 Å². The highest BCUT2D eigenvalue weighted by molar-refractivity contribution is 7.92. The van der Waals surface area contributed by atoms with Crippen LogP contribution in [0, 0.1) is 11.6 Å². The number of amides is 1. The number of nitrogens with zero attached hydrogens (tertiary/aromatic N) is 7. The van der Waals surface area contributed by atoms with Crippen LogP contribution in [-0.4, -0.2) is 62.8 Å². The fourth-order valence-electron chi connectivity index (χ4n) is 7.02. The smallest absolute Gasteiger partial charge is 0.433 e.